The van der Waals surface area contributed by atoms with E-state index in [2.05, 4.69) is 29.0 Å². The van der Waals surface area contributed by atoms with Crippen molar-refractivity contribution < 1.29 is 9.90 Å². The number of rotatable bonds is 8. The average molecular weight is 465 g/mol. The molecular weight excluding hydrogens is 432 g/mol. The van der Waals surface area contributed by atoms with Crippen molar-refractivity contribution in [1.29, 1.82) is 0 Å². The Morgan fingerprint density at radius 2 is 2.03 bits per heavy atom. The molecule has 1 aliphatic rings. The molecule has 3 N–H and O–H groups in total. The van der Waals surface area contributed by atoms with Crippen LogP contribution in [0.1, 0.15) is 52.3 Å². The van der Waals surface area contributed by atoms with Gasteiger partial charge < -0.3 is 15.7 Å². The summed E-state index contributed by atoms with van der Waals surface area (Å²) in [6.07, 6.45) is 12.6. The predicted octanol–water partition coefficient (Wildman–Crippen LogP) is 2.31. The van der Waals surface area contributed by atoms with Gasteiger partial charge in [-0.15, -0.1) is 0 Å². The number of allylic oxidation sites excluding steroid dienone is 1. The van der Waals surface area contributed by atoms with Gasteiger partial charge in [0.1, 0.15) is 5.60 Å². The van der Waals surface area contributed by atoms with Gasteiger partial charge >= 0.3 is 0 Å². The molecule has 0 radical (unpaired) electrons. The van der Waals surface area contributed by atoms with E-state index in [0.29, 0.717) is 30.4 Å². The molecule has 3 aromatic rings. The number of likely N-dealkylation sites (tertiary alicyclic amines) is 1. The van der Waals surface area contributed by atoms with E-state index in [-0.39, 0.29) is 11.9 Å². The molecule has 0 aromatic carbocycles. The topological polar surface area (TPSA) is 127 Å². The number of nitrogens with two attached hydrogens (primary N) is 1. The fraction of sp³-hybridized carbons (Fsp3) is 0.458. The van der Waals surface area contributed by atoms with Crippen molar-refractivity contribution in [1.82, 2.24) is 29.3 Å². The summed E-state index contributed by atoms with van der Waals surface area (Å²) in [4.78, 5) is 23.2. The van der Waals surface area contributed by atoms with Crippen LogP contribution in [0.4, 0.5) is 0 Å². The monoisotopic (exact) mass is 464 g/mol. The van der Waals surface area contributed by atoms with Crippen LogP contribution in [0.15, 0.2) is 42.0 Å². The van der Waals surface area contributed by atoms with Gasteiger partial charge in [-0.2, -0.15) is 10.2 Å². The van der Waals surface area contributed by atoms with Gasteiger partial charge in [-0.1, -0.05) is 13.8 Å². The second-order valence-electron chi connectivity index (χ2n) is 9.14. The Balaban J connectivity index is 1.57. The minimum Gasteiger partial charge on any atom is -0.404 e. The molecule has 34 heavy (non-hydrogen) atoms. The van der Waals surface area contributed by atoms with Gasteiger partial charge in [-0.25, -0.2) is 9.50 Å². The minimum absolute atomic E-state index is 0.0487. The van der Waals surface area contributed by atoms with Crippen LogP contribution in [0.5, 0.6) is 0 Å². The quantitative estimate of drug-likeness (QED) is 0.493. The Labute approximate surface area is 198 Å². The fourth-order valence-corrected chi connectivity index (χ4v) is 4.08. The summed E-state index contributed by atoms with van der Waals surface area (Å²) in [5.74, 6) is -0.294. The first-order valence-corrected chi connectivity index (χ1v) is 11.6. The Bertz CT molecular complexity index is 1220. The Morgan fingerprint density at radius 1 is 1.29 bits per heavy atom. The number of hydrogen-bond donors (Lipinski definition) is 2. The zero-order valence-electron chi connectivity index (χ0n) is 20.1. The van der Waals surface area contributed by atoms with Crippen molar-refractivity contribution in [3.8, 4) is 11.3 Å². The van der Waals surface area contributed by atoms with Gasteiger partial charge in [0, 0.05) is 42.8 Å². The summed E-state index contributed by atoms with van der Waals surface area (Å²) in [5.41, 5.74) is 8.40. The van der Waals surface area contributed by atoms with E-state index < -0.39 is 5.60 Å². The van der Waals surface area contributed by atoms with Gasteiger partial charge in [0.05, 0.1) is 47.6 Å². The zero-order chi connectivity index (χ0) is 24.5. The molecule has 1 aliphatic heterocycles. The highest BCUT2D eigenvalue weighted by atomic mass is 16.3. The highest BCUT2D eigenvalue weighted by molar-refractivity contribution is 6.09. The van der Waals surface area contributed by atoms with Crippen LogP contribution < -0.4 is 5.73 Å². The molecular formula is C24H32N8O2. The first-order chi connectivity index (χ1) is 16.2. The number of carbonyl (C=O) groups is 1. The highest BCUT2D eigenvalue weighted by Gasteiger charge is 2.37. The van der Waals surface area contributed by atoms with Crippen LogP contribution in [0.3, 0.4) is 0 Å². The maximum absolute atomic E-state index is 12.1. The summed E-state index contributed by atoms with van der Waals surface area (Å²) in [6, 6.07) is 2.21. The molecule has 1 amide bonds. The smallest absolute Gasteiger partial charge is 0.254 e. The molecule has 4 rings (SSSR count). The van der Waals surface area contributed by atoms with Crippen molar-refractivity contribution in [2.45, 2.75) is 58.2 Å². The summed E-state index contributed by atoms with van der Waals surface area (Å²) in [7, 11) is 0. The number of nitrogens with zero attached hydrogens (tertiary/aromatic N) is 7. The molecule has 180 valence electrons. The Hall–Kier alpha value is -3.53. The largest absolute Gasteiger partial charge is 0.404 e. The van der Waals surface area contributed by atoms with Crippen LogP contribution in [0, 0.1) is 0 Å². The van der Waals surface area contributed by atoms with Gasteiger partial charge in [-0.05, 0) is 32.8 Å². The molecule has 0 unspecified atom stereocenters. The lowest BCUT2D eigenvalue weighted by Crippen LogP contribution is -2.58. The number of aliphatic hydroxyl groups is 1. The lowest BCUT2D eigenvalue weighted by molar-refractivity contribution is -0.152. The number of fused-ring (bicyclic) bond motifs is 1. The van der Waals surface area contributed by atoms with Crippen molar-refractivity contribution in [2.75, 3.05) is 13.1 Å². The van der Waals surface area contributed by atoms with Crippen molar-refractivity contribution in [3.05, 3.63) is 42.7 Å². The second kappa shape index (κ2) is 9.38. The molecule has 0 spiro atoms. The molecule has 1 saturated heterocycles. The fourth-order valence-electron chi connectivity index (χ4n) is 4.08. The van der Waals surface area contributed by atoms with E-state index in [1.807, 2.05) is 29.3 Å². The molecule has 0 aliphatic carbocycles. The van der Waals surface area contributed by atoms with Gasteiger partial charge in [0.25, 0.3) is 5.91 Å². The van der Waals surface area contributed by atoms with E-state index in [9.17, 15) is 9.90 Å². The number of carbonyl (C=O) groups excluding carboxylic acids is 1. The van der Waals surface area contributed by atoms with Gasteiger partial charge in [-0.3, -0.25) is 14.5 Å². The number of aromatic nitrogens is 5. The minimum atomic E-state index is -1.38. The molecule has 1 fully saturated rings. The Morgan fingerprint density at radius 3 is 2.68 bits per heavy atom. The number of amides is 1. The third-order valence-electron chi connectivity index (χ3n) is 6.15. The van der Waals surface area contributed by atoms with Crippen LogP contribution >= 0.6 is 0 Å². The second-order valence-corrected chi connectivity index (χ2v) is 9.14. The first kappa shape index (κ1) is 23.6. The maximum atomic E-state index is 12.1. The summed E-state index contributed by atoms with van der Waals surface area (Å²) in [6.45, 7) is 8.22. The van der Waals surface area contributed by atoms with E-state index in [1.54, 1.807) is 21.8 Å². The van der Waals surface area contributed by atoms with E-state index >= 15 is 0 Å². The normalized spacial score (nSPS) is 15.6. The van der Waals surface area contributed by atoms with E-state index in [1.165, 1.54) is 20.0 Å². The van der Waals surface area contributed by atoms with E-state index in [0.717, 1.165) is 29.6 Å². The van der Waals surface area contributed by atoms with Crippen molar-refractivity contribution in [3.63, 3.8) is 0 Å². The molecule has 3 aromatic heterocycles. The number of aliphatic imine (C=N–C) groups is 1. The molecule has 4 heterocycles. The molecule has 0 bridgehead atoms. The summed E-state index contributed by atoms with van der Waals surface area (Å²) in [5, 5.41) is 18.9. The van der Waals surface area contributed by atoms with Crippen molar-refractivity contribution in [2.24, 2.45) is 10.7 Å². The van der Waals surface area contributed by atoms with Crippen LogP contribution in [0.25, 0.3) is 22.3 Å². The summed E-state index contributed by atoms with van der Waals surface area (Å²) >= 11 is 0. The average Bonchev–Trinajstić information content (AvgIpc) is 3.44. The van der Waals surface area contributed by atoms with Crippen LogP contribution in [-0.4, -0.2) is 71.2 Å². The van der Waals surface area contributed by atoms with Crippen LogP contribution in [-0.2, 0) is 4.79 Å². The zero-order valence-corrected chi connectivity index (χ0v) is 20.1. The molecule has 10 nitrogen and oxygen atoms in total. The van der Waals surface area contributed by atoms with Crippen LogP contribution in [0.2, 0.25) is 0 Å². The molecule has 0 saturated carbocycles. The third kappa shape index (κ3) is 4.58. The van der Waals surface area contributed by atoms with Gasteiger partial charge in [0.15, 0.2) is 0 Å². The standard InChI is InChI=1S/C24H32N8O2/c1-5-19(6-2)31-12-17(11-28-31)22-21-7-8-27-32(21)15-20(29-22)16(9-25)10-26-18-13-30(14-18)23(33)24(3,4)34/h7-12,15,18-19,34H,5-6,13-14,25H2,1-4H3. The third-order valence-corrected chi connectivity index (χ3v) is 6.15. The molecule has 10 heteroatoms. The molecule has 0 atom stereocenters. The van der Waals surface area contributed by atoms with Gasteiger partial charge in [0.2, 0.25) is 0 Å². The number of hydrogen-bond acceptors (Lipinski definition) is 7. The SMILES string of the molecule is CCC(CC)n1cc(-c2nc(C(C=NC3CN(C(=O)C(C)(C)O)C3)=CN)cn3nccc23)cn1. The maximum Gasteiger partial charge on any atom is 0.254 e. The lowest BCUT2D eigenvalue weighted by atomic mass is 10.0. The van der Waals surface area contributed by atoms with E-state index in [4.69, 9.17) is 10.7 Å². The Kier molecular flexibility index (Phi) is 6.52. The van der Waals surface area contributed by atoms with Crippen molar-refractivity contribution >= 4 is 23.2 Å². The lowest BCUT2D eigenvalue weighted by Gasteiger charge is -2.39. The first-order valence-electron chi connectivity index (χ1n) is 11.6. The highest BCUT2D eigenvalue weighted by Crippen LogP contribution is 2.26. The predicted molar refractivity (Wildman–Crippen MR) is 131 cm³/mol. The summed E-state index contributed by atoms with van der Waals surface area (Å²) < 4.78 is 3.77.